The SMILES string of the molecule is C#C[C@H]1C[C@@H]1C(=O)Nc1cc([C@H]2CC[C@@H](OC(=O)NC3(C)CCC3)C2)nn1C(C)(C)C. The van der Waals surface area contributed by atoms with E-state index in [9.17, 15) is 9.59 Å². The number of carbonyl (C=O) groups excluding carboxylic acids is 2. The number of anilines is 1. The van der Waals surface area contributed by atoms with E-state index in [4.69, 9.17) is 16.3 Å². The van der Waals surface area contributed by atoms with Crippen LogP contribution in [0.3, 0.4) is 0 Å². The normalized spacial score (nSPS) is 28.9. The van der Waals surface area contributed by atoms with E-state index in [0.29, 0.717) is 5.82 Å². The Labute approximate surface area is 184 Å². The van der Waals surface area contributed by atoms with Crippen molar-refractivity contribution in [2.45, 2.75) is 95.7 Å². The molecule has 0 radical (unpaired) electrons. The Hall–Kier alpha value is -2.49. The lowest BCUT2D eigenvalue weighted by Crippen LogP contribution is -2.51. The van der Waals surface area contributed by atoms with Gasteiger partial charge in [-0.15, -0.1) is 12.3 Å². The number of aromatic nitrogens is 2. The second-order valence-corrected chi connectivity index (χ2v) is 10.7. The van der Waals surface area contributed by atoms with Gasteiger partial charge < -0.3 is 15.4 Å². The van der Waals surface area contributed by atoms with E-state index in [0.717, 1.165) is 50.6 Å². The maximum atomic E-state index is 12.6. The molecule has 3 saturated carbocycles. The summed E-state index contributed by atoms with van der Waals surface area (Å²) in [5, 5.41) is 10.9. The van der Waals surface area contributed by atoms with Crippen molar-refractivity contribution >= 4 is 17.8 Å². The minimum absolute atomic E-state index is 0.0336. The number of ether oxygens (including phenoxy) is 1. The molecule has 0 spiro atoms. The Kier molecular flexibility index (Phi) is 5.53. The molecular formula is C24H34N4O3. The summed E-state index contributed by atoms with van der Waals surface area (Å²) in [6, 6.07) is 1.97. The highest BCUT2D eigenvalue weighted by molar-refractivity contribution is 5.94. The average molecular weight is 427 g/mol. The minimum atomic E-state index is -0.312. The average Bonchev–Trinajstić information content (AvgIpc) is 3.11. The molecule has 1 heterocycles. The molecule has 3 aliphatic rings. The molecule has 2 amide bonds. The first-order valence-corrected chi connectivity index (χ1v) is 11.4. The number of amides is 2. The van der Waals surface area contributed by atoms with Crippen molar-refractivity contribution in [2.24, 2.45) is 11.8 Å². The van der Waals surface area contributed by atoms with Gasteiger partial charge in [-0.3, -0.25) is 4.79 Å². The van der Waals surface area contributed by atoms with Crippen LogP contribution in [0.1, 0.15) is 84.3 Å². The van der Waals surface area contributed by atoms with Crippen LogP contribution in [0.5, 0.6) is 0 Å². The zero-order chi connectivity index (χ0) is 22.4. The molecule has 7 nitrogen and oxygen atoms in total. The van der Waals surface area contributed by atoms with Crippen molar-refractivity contribution in [3.05, 3.63) is 11.8 Å². The van der Waals surface area contributed by atoms with Gasteiger partial charge in [0.2, 0.25) is 5.91 Å². The van der Waals surface area contributed by atoms with Crippen LogP contribution in [-0.4, -0.2) is 33.4 Å². The van der Waals surface area contributed by atoms with Gasteiger partial charge in [-0.2, -0.15) is 5.10 Å². The number of terminal acetylenes is 1. The lowest BCUT2D eigenvalue weighted by Gasteiger charge is -2.38. The van der Waals surface area contributed by atoms with Gasteiger partial charge in [-0.05, 0) is 72.6 Å². The summed E-state index contributed by atoms with van der Waals surface area (Å²) in [5.74, 6) is 3.48. The third kappa shape index (κ3) is 4.73. The molecule has 4 atom stereocenters. The fourth-order valence-corrected chi connectivity index (χ4v) is 4.66. The lowest BCUT2D eigenvalue weighted by molar-refractivity contribution is -0.117. The first-order valence-electron chi connectivity index (χ1n) is 11.4. The van der Waals surface area contributed by atoms with Crippen LogP contribution in [0.25, 0.3) is 0 Å². The fraction of sp³-hybridized carbons (Fsp3) is 0.708. The summed E-state index contributed by atoms with van der Waals surface area (Å²) in [7, 11) is 0. The zero-order valence-electron chi connectivity index (χ0n) is 19.0. The Balaban J connectivity index is 1.40. The van der Waals surface area contributed by atoms with Gasteiger partial charge in [0, 0.05) is 23.4 Å². The van der Waals surface area contributed by atoms with Crippen LogP contribution < -0.4 is 10.6 Å². The van der Waals surface area contributed by atoms with Crippen molar-refractivity contribution in [1.82, 2.24) is 15.1 Å². The standard InChI is InChI=1S/C24H34N4O3/c1-6-15-13-18(15)21(29)25-20-14-19(27-28(20)23(2,3)4)16-8-9-17(12-16)31-22(30)26-24(5)10-7-11-24/h1,14-18H,7-13H2,2-5H3,(H,25,29)(H,26,30)/t15-,16-,17+,18-/m0/s1. The van der Waals surface area contributed by atoms with Gasteiger partial charge in [-0.1, -0.05) is 0 Å². The van der Waals surface area contributed by atoms with Crippen molar-refractivity contribution in [1.29, 1.82) is 0 Å². The van der Waals surface area contributed by atoms with Crippen molar-refractivity contribution in [3.63, 3.8) is 0 Å². The molecule has 168 valence electrons. The number of alkyl carbamates (subject to hydrolysis) is 1. The molecule has 1 aromatic heterocycles. The van der Waals surface area contributed by atoms with Crippen LogP contribution in [-0.2, 0) is 15.1 Å². The quantitative estimate of drug-likeness (QED) is 0.693. The maximum Gasteiger partial charge on any atom is 0.407 e. The van der Waals surface area contributed by atoms with E-state index in [1.165, 1.54) is 0 Å². The fourth-order valence-electron chi connectivity index (χ4n) is 4.66. The second kappa shape index (κ2) is 7.89. The van der Waals surface area contributed by atoms with Gasteiger partial charge in [0.25, 0.3) is 0 Å². The molecular weight excluding hydrogens is 392 g/mol. The predicted octanol–water partition coefficient (Wildman–Crippen LogP) is 4.15. The van der Waals surface area contributed by atoms with Crippen molar-refractivity contribution < 1.29 is 14.3 Å². The van der Waals surface area contributed by atoms with E-state index < -0.39 is 0 Å². The number of nitrogens with one attached hydrogen (secondary N) is 2. The Bertz CT molecular complexity index is 903. The molecule has 31 heavy (non-hydrogen) atoms. The zero-order valence-corrected chi connectivity index (χ0v) is 19.0. The first-order chi connectivity index (χ1) is 14.6. The van der Waals surface area contributed by atoms with Crippen LogP contribution in [0, 0.1) is 24.2 Å². The highest BCUT2D eigenvalue weighted by Gasteiger charge is 2.42. The van der Waals surface area contributed by atoms with Gasteiger partial charge in [0.1, 0.15) is 11.9 Å². The van der Waals surface area contributed by atoms with E-state index >= 15 is 0 Å². The summed E-state index contributed by atoms with van der Waals surface area (Å²) in [5.41, 5.74) is 0.558. The van der Waals surface area contributed by atoms with Crippen molar-refractivity contribution in [2.75, 3.05) is 5.32 Å². The number of carbonyl (C=O) groups is 2. The van der Waals surface area contributed by atoms with Crippen LogP contribution in [0.15, 0.2) is 6.07 Å². The summed E-state index contributed by atoms with van der Waals surface area (Å²) < 4.78 is 7.58. The highest BCUT2D eigenvalue weighted by Crippen LogP contribution is 2.40. The largest absolute Gasteiger partial charge is 0.446 e. The second-order valence-electron chi connectivity index (χ2n) is 10.7. The molecule has 0 unspecified atom stereocenters. The molecule has 2 N–H and O–H groups in total. The smallest absolute Gasteiger partial charge is 0.407 e. The first kappa shape index (κ1) is 21.7. The Morgan fingerprint density at radius 1 is 1.29 bits per heavy atom. The predicted molar refractivity (Wildman–Crippen MR) is 119 cm³/mol. The minimum Gasteiger partial charge on any atom is -0.446 e. The van der Waals surface area contributed by atoms with E-state index in [2.05, 4.69) is 44.2 Å². The summed E-state index contributed by atoms with van der Waals surface area (Å²) in [6.45, 7) is 8.25. The Morgan fingerprint density at radius 3 is 2.61 bits per heavy atom. The van der Waals surface area contributed by atoms with Crippen LogP contribution in [0.4, 0.5) is 10.6 Å². The summed E-state index contributed by atoms with van der Waals surface area (Å²) in [6.07, 6.45) is 11.4. The molecule has 0 saturated heterocycles. The van der Waals surface area contributed by atoms with Gasteiger partial charge in [0.05, 0.1) is 17.2 Å². The molecule has 3 fully saturated rings. The molecule has 0 aliphatic heterocycles. The third-order valence-corrected chi connectivity index (χ3v) is 6.89. The maximum absolute atomic E-state index is 12.6. The summed E-state index contributed by atoms with van der Waals surface area (Å²) >= 11 is 0. The molecule has 7 heteroatoms. The van der Waals surface area contributed by atoms with Crippen molar-refractivity contribution in [3.8, 4) is 12.3 Å². The molecule has 0 aromatic carbocycles. The topological polar surface area (TPSA) is 85.2 Å². The van der Waals surface area contributed by atoms with Crippen LogP contribution >= 0.6 is 0 Å². The summed E-state index contributed by atoms with van der Waals surface area (Å²) in [4.78, 5) is 24.8. The Morgan fingerprint density at radius 2 is 2.03 bits per heavy atom. The number of nitrogens with zero attached hydrogens (tertiary/aromatic N) is 2. The monoisotopic (exact) mass is 426 g/mol. The van der Waals surface area contributed by atoms with Gasteiger partial charge in [-0.25, -0.2) is 9.48 Å². The highest BCUT2D eigenvalue weighted by atomic mass is 16.6. The number of hydrogen-bond acceptors (Lipinski definition) is 4. The van der Waals surface area contributed by atoms with E-state index in [1.807, 2.05) is 10.7 Å². The van der Waals surface area contributed by atoms with Gasteiger partial charge in [0.15, 0.2) is 0 Å². The molecule has 3 aliphatic carbocycles. The molecule has 1 aromatic rings. The third-order valence-electron chi connectivity index (χ3n) is 6.89. The van der Waals surface area contributed by atoms with Gasteiger partial charge >= 0.3 is 6.09 Å². The molecule has 4 rings (SSSR count). The number of hydrogen-bond donors (Lipinski definition) is 2. The van der Waals surface area contributed by atoms with E-state index in [-0.39, 0.29) is 46.9 Å². The lowest BCUT2D eigenvalue weighted by atomic mass is 9.79. The number of rotatable bonds is 5. The van der Waals surface area contributed by atoms with E-state index in [1.54, 1.807) is 0 Å². The van der Waals surface area contributed by atoms with Crippen LogP contribution in [0.2, 0.25) is 0 Å². The molecule has 0 bridgehead atoms.